The Balaban J connectivity index is 2.02. The van der Waals surface area contributed by atoms with E-state index in [1.165, 1.54) is 0 Å². The van der Waals surface area contributed by atoms with Gasteiger partial charge in [-0.05, 0) is 36.2 Å². The maximum absolute atomic E-state index is 11.9. The van der Waals surface area contributed by atoms with Crippen LogP contribution in [0.4, 0.5) is 10.5 Å². The van der Waals surface area contributed by atoms with E-state index in [9.17, 15) is 9.82 Å². The standard InChI is InChI=1S/C15H17BN2O3/c1-3-5-6-12(4-2)17-15(19)18-13-8-7-11-10-21-16(20)14(11)9-13/h3-9,20H,1,10H2,2H3,(H2,17,18,19). The largest absolute Gasteiger partial charge is 0.491 e. The molecule has 0 saturated heterocycles. The summed E-state index contributed by atoms with van der Waals surface area (Å²) in [7, 11) is -0.925. The number of amides is 2. The molecule has 0 aromatic heterocycles. The highest BCUT2D eigenvalue weighted by molar-refractivity contribution is 6.61. The Hall–Kier alpha value is -2.31. The lowest BCUT2D eigenvalue weighted by Crippen LogP contribution is -2.30. The molecule has 3 N–H and O–H groups in total. The number of urea groups is 1. The second-order valence-electron chi connectivity index (χ2n) is 4.49. The number of carbonyl (C=O) groups excluding carboxylic acids is 1. The summed E-state index contributed by atoms with van der Waals surface area (Å²) in [6.45, 7) is 5.79. The van der Waals surface area contributed by atoms with Gasteiger partial charge in [0.15, 0.2) is 0 Å². The number of anilines is 1. The summed E-state index contributed by atoms with van der Waals surface area (Å²) in [5, 5.41) is 15.1. The summed E-state index contributed by atoms with van der Waals surface area (Å²) in [6, 6.07) is 4.95. The molecule has 2 amide bonds. The molecule has 0 spiro atoms. The van der Waals surface area contributed by atoms with E-state index < -0.39 is 7.12 Å². The lowest BCUT2D eigenvalue weighted by atomic mass is 9.79. The smallest absolute Gasteiger partial charge is 0.423 e. The minimum atomic E-state index is -0.925. The van der Waals surface area contributed by atoms with Gasteiger partial charge in [-0.2, -0.15) is 0 Å². The van der Waals surface area contributed by atoms with Gasteiger partial charge in [-0.25, -0.2) is 4.79 Å². The zero-order valence-corrected chi connectivity index (χ0v) is 11.8. The number of allylic oxidation sites excluding steroid dienone is 4. The normalized spacial score (nSPS) is 14.2. The van der Waals surface area contributed by atoms with Crippen molar-refractivity contribution in [1.82, 2.24) is 5.32 Å². The molecule has 0 radical (unpaired) electrons. The fourth-order valence-electron chi connectivity index (χ4n) is 1.97. The molecule has 2 rings (SSSR count). The predicted molar refractivity (Wildman–Crippen MR) is 84.1 cm³/mol. The first kappa shape index (κ1) is 15.1. The fraction of sp³-hybridized carbons (Fsp3) is 0.133. The summed E-state index contributed by atoms with van der Waals surface area (Å²) in [6.07, 6.45) is 6.89. The van der Waals surface area contributed by atoms with Gasteiger partial charge in [0.25, 0.3) is 0 Å². The van der Waals surface area contributed by atoms with Crippen LogP contribution in [0.5, 0.6) is 0 Å². The zero-order chi connectivity index (χ0) is 15.2. The van der Waals surface area contributed by atoms with Crippen molar-refractivity contribution in [3.05, 3.63) is 60.3 Å². The first-order valence-corrected chi connectivity index (χ1v) is 6.60. The average Bonchev–Trinajstić information content (AvgIpc) is 2.84. The number of carbonyl (C=O) groups is 1. The molecule has 1 heterocycles. The van der Waals surface area contributed by atoms with Crippen LogP contribution in [0.1, 0.15) is 12.5 Å². The van der Waals surface area contributed by atoms with Crippen LogP contribution in [0.15, 0.2) is 54.8 Å². The molecule has 0 bridgehead atoms. The van der Waals surface area contributed by atoms with Gasteiger partial charge >= 0.3 is 13.1 Å². The maximum atomic E-state index is 11.9. The van der Waals surface area contributed by atoms with E-state index in [1.807, 2.05) is 13.0 Å². The Morgan fingerprint density at radius 2 is 2.33 bits per heavy atom. The van der Waals surface area contributed by atoms with Gasteiger partial charge in [-0.1, -0.05) is 30.9 Å². The lowest BCUT2D eigenvalue weighted by Gasteiger charge is -2.09. The molecule has 0 fully saturated rings. The Bertz CT molecular complexity index is 611. The molecular formula is C15H17BN2O3. The number of benzene rings is 1. The topological polar surface area (TPSA) is 70.6 Å². The summed E-state index contributed by atoms with van der Waals surface area (Å²) >= 11 is 0. The predicted octanol–water partition coefficient (Wildman–Crippen LogP) is 1.67. The second kappa shape index (κ2) is 6.92. The quantitative estimate of drug-likeness (QED) is 0.582. The van der Waals surface area contributed by atoms with Crippen LogP contribution in [0.25, 0.3) is 0 Å². The average molecular weight is 284 g/mol. The number of nitrogens with one attached hydrogen (secondary N) is 2. The molecular weight excluding hydrogens is 267 g/mol. The molecule has 5 nitrogen and oxygen atoms in total. The van der Waals surface area contributed by atoms with Gasteiger partial charge in [-0.3, -0.25) is 0 Å². The van der Waals surface area contributed by atoms with Crippen molar-refractivity contribution in [2.24, 2.45) is 0 Å². The van der Waals surface area contributed by atoms with Gasteiger partial charge in [0.1, 0.15) is 0 Å². The highest BCUT2D eigenvalue weighted by Gasteiger charge is 2.27. The van der Waals surface area contributed by atoms with Crippen LogP contribution in [-0.4, -0.2) is 18.2 Å². The number of fused-ring (bicyclic) bond motifs is 1. The van der Waals surface area contributed by atoms with Crippen molar-refractivity contribution in [2.75, 3.05) is 5.32 Å². The van der Waals surface area contributed by atoms with E-state index in [1.54, 1.807) is 36.4 Å². The van der Waals surface area contributed by atoms with Crippen molar-refractivity contribution in [2.45, 2.75) is 13.5 Å². The van der Waals surface area contributed by atoms with Gasteiger partial charge in [0.2, 0.25) is 0 Å². The highest BCUT2D eigenvalue weighted by Crippen LogP contribution is 2.14. The van der Waals surface area contributed by atoms with Crippen LogP contribution >= 0.6 is 0 Å². The first-order valence-electron chi connectivity index (χ1n) is 6.60. The van der Waals surface area contributed by atoms with E-state index in [4.69, 9.17) is 4.65 Å². The maximum Gasteiger partial charge on any atom is 0.491 e. The molecule has 0 aliphatic carbocycles. The first-order chi connectivity index (χ1) is 10.1. The highest BCUT2D eigenvalue weighted by atomic mass is 16.5. The third-order valence-electron chi connectivity index (χ3n) is 3.05. The summed E-state index contributed by atoms with van der Waals surface area (Å²) < 4.78 is 5.11. The lowest BCUT2D eigenvalue weighted by molar-refractivity contribution is 0.254. The van der Waals surface area contributed by atoms with Gasteiger partial charge in [-0.15, -0.1) is 0 Å². The minimum Gasteiger partial charge on any atom is -0.423 e. The molecule has 0 atom stereocenters. The minimum absolute atomic E-state index is 0.356. The second-order valence-corrected chi connectivity index (χ2v) is 4.49. The number of hydrogen-bond acceptors (Lipinski definition) is 3. The summed E-state index contributed by atoms with van der Waals surface area (Å²) in [5.74, 6) is 0. The van der Waals surface area contributed by atoms with E-state index in [0.717, 1.165) is 5.56 Å². The van der Waals surface area contributed by atoms with E-state index in [-0.39, 0.29) is 6.03 Å². The number of hydrogen-bond donors (Lipinski definition) is 3. The molecule has 0 saturated carbocycles. The molecule has 1 aliphatic heterocycles. The van der Waals surface area contributed by atoms with Gasteiger partial charge < -0.3 is 20.3 Å². The summed E-state index contributed by atoms with van der Waals surface area (Å²) in [4.78, 5) is 11.9. The van der Waals surface area contributed by atoms with Crippen LogP contribution in [0.3, 0.4) is 0 Å². The van der Waals surface area contributed by atoms with Crippen LogP contribution in [0.2, 0.25) is 0 Å². The SMILES string of the molecule is C=CC=CC(=CC)NC(=O)Nc1ccc2c(c1)B(O)OC2. The van der Waals surface area contributed by atoms with Gasteiger partial charge in [0.05, 0.1) is 6.61 Å². The van der Waals surface area contributed by atoms with Gasteiger partial charge in [0, 0.05) is 11.4 Å². The van der Waals surface area contributed by atoms with Crippen molar-refractivity contribution in [1.29, 1.82) is 0 Å². The third kappa shape index (κ3) is 3.84. The van der Waals surface area contributed by atoms with E-state index in [2.05, 4.69) is 17.2 Å². The third-order valence-corrected chi connectivity index (χ3v) is 3.05. The summed E-state index contributed by atoms with van der Waals surface area (Å²) in [5.41, 5.74) is 2.87. The van der Waals surface area contributed by atoms with Crippen molar-refractivity contribution < 1.29 is 14.5 Å². The Morgan fingerprint density at radius 1 is 1.52 bits per heavy atom. The fourth-order valence-corrected chi connectivity index (χ4v) is 1.97. The van der Waals surface area contributed by atoms with Crippen LogP contribution in [-0.2, 0) is 11.3 Å². The molecule has 1 aliphatic rings. The van der Waals surface area contributed by atoms with Crippen molar-refractivity contribution >= 4 is 24.3 Å². The van der Waals surface area contributed by atoms with Crippen molar-refractivity contribution in [3.8, 4) is 0 Å². The molecule has 21 heavy (non-hydrogen) atoms. The Kier molecular flexibility index (Phi) is 4.97. The Labute approximate surface area is 124 Å². The van der Waals surface area contributed by atoms with E-state index in [0.29, 0.717) is 23.5 Å². The molecule has 1 aromatic rings. The molecule has 108 valence electrons. The monoisotopic (exact) mass is 284 g/mol. The molecule has 6 heteroatoms. The molecule has 0 unspecified atom stereocenters. The Morgan fingerprint density at radius 3 is 3.05 bits per heavy atom. The van der Waals surface area contributed by atoms with Crippen LogP contribution < -0.4 is 16.1 Å². The van der Waals surface area contributed by atoms with Crippen LogP contribution in [0, 0.1) is 0 Å². The van der Waals surface area contributed by atoms with E-state index >= 15 is 0 Å². The molecule has 1 aromatic carbocycles. The van der Waals surface area contributed by atoms with Crippen molar-refractivity contribution in [3.63, 3.8) is 0 Å². The zero-order valence-electron chi connectivity index (χ0n) is 11.8. The number of rotatable bonds is 4.